The minimum absolute atomic E-state index is 0.0330. The summed E-state index contributed by atoms with van der Waals surface area (Å²) in [7, 11) is -4.83. The number of ether oxygens (including phenoxy) is 10. The van der Waals surface area contributed by atoms with Gasteiger partial charge in [-0.2, -0.15) is 0 Å². The molecule has 2 aliphatic heterocycles. The number of nitrogens with zero attached hydrogens (tertiary/aromatic N) is 1. The Labute approximate surface area is 313 Å². The van der Waals surface area contributed by atoms with E-state index < -0.39 is 56.9 Å². The molecule has 22 nitrogen and oxygen atoms in total. The Kier molecular flexibility index (Phi) is 26.0. The molecule has 5 atom stereocenters. The van der Waals surface area contributed by atoms with Gasteiger partial charge in [-0.1, -0.05) is 0 Å². The van der Waals surface area contributed by atoms with E-state index in [1.54, 1.807) is 0 Å². The maximum atomic E-state index is 11.8. The number of phosphoric acid groups is 1. The Hall–Kier alpha value is -2.06. The lowest BCUT2D eigenvalue weighted by Crippen LogP contribution is -2.59. The summed E-state index contributed by atoms with van der Waals surface area (Å²) in [6.45, 7) is 5.22. The molecule has 23 heteroatoms. The molecular weight excluding hydrogens is 751 g/mol. The molecule has 0 aromatic rings. The van der Waals surface area contributed by atoms with Crippen LogP contribution < -0.4 is 5.32 Å². The number of carbonyl (C=O) groups excluding carboxylic acids is 3. The van der Waals surface area contributed by atoms with Crippen LogP contribution in [0.1, 0.15) is 6.42 Å². The van der Waals surface area contributed by atoms with Crippen molar-refractivity contribution < 1.29 is 95.9 Å². The summed E-state index contributed by atoms with van der Waals surface area (Å²) in [5.74, 6) is -1.10. The first-order valence-electron chi connectivity index (χ1n) is 17.4. The van der Waals surface area contributed by atoms with Gasteiger partial charge in [0, 0.05) is 31.7 Å². The van der Waals surface area contributed by atoms with Gasteiger partial charge in [-0.15, -0.1) is 0 Å². The van der Waals surface area contributed by atoms with E-state index >= 15 is 0 Å². The first-order chi connectivity index (χ1) is 26.0. The minimum Gasteiger partial charge on any atom is -0.387 e. The highest BCUT2D eigenvalue weighted by Crippen LogP contribution is 2.37. The van der Waals surface area contributed by atoms with E-state index in [0.29, 0.717) is 99.0 Å². The molecule has 3 amide bonds. The summed E-state index contributed by atoms with van der Waals surface area (Å²) in [5.41, 5.74) is 0. The van der Waals surface area contributed by atoms with E-state index in [1.807, 2.05) is 0 Å². The van der Waals surface area contributed by atoms with E-state index in [-0.39, 0.29) is 38.7 Å². The van der Waals surface area contributed by atoms with Gasteiger partial charge in [0.25, 0.3) is 11.8 Å². The number of rotatable bonds is 34. The van der Waals surface area contributed by atoms with Crippen molar-refractivity contribution in [3.8, 4) is 0 Å². The fourth-order valence-corrected chi connectivity index (χ4v) is 4.78. The van der Waals surface area contributed by atoms with E-state index in [9.17, 15) is 34.3 Å². The van der Waals surface area contributed by atoms with Gasteiger partial charge in [0.1, 0.15) is 24.4 Å². The molecule has 0 aromatic carbocycles. The highest BCUT2D eigenvalue weighted by molar-refractivity contribution is 7.46. The van der Waals surface area contributed by atoms with Crippen molar-refractivity contribution in [2.45, 2.75) is 37.1 Å². The number of nitrogens with one attached hydrogen (secondary N) is 1. The Balaban J connectivity index is 1.24. The zero-order valence-electron chi connectivity index (χ0n) is 30.1. The van der Waals surface area contributed by atoms with E-state index in [0.717, 1.165) is 4.90 Å². The fraction of sp³-hybridized carbons (Fsp3) is 0.839. The second kappa shape index (κ2) is 29.2. The first kappa shape index (κ1) is 48.1. The van der Waals surface area contributed by atoms with Gasteiger partial charge in [-0.25, -0.2) is 4.57 Å². The molecule has 2 heterocycles. The number of phosphoric ester groups is 1. The van der Waals surface area contributed by atoms with Gasteiger partial charge in [-0.05, 0) is 0 Å². The Morgan fingerprint density at radius 2 is 1.06 bits per heavy atom. The number of aliphatic hydroxyl groups is 3. The smallest absolute Gasteiger partial charge is 0.387 e. The van der Waals surface area contributed by atoms with E-state index in [4.69, 9.17) is 57.2 Å². The maximum Gasteiger partial charge on any atom is 0.469 e. The molecule has 314 valence electrons. The fourth-order valence-electron chi connectivity index (χ4n) is 4.44. The van der Waals surface area contributed by atoms with E-state index in [1.165, 1.54) is 12.2 Å². The number of imide groups is 1. The van der Waals surface area contributed by atoms with Crippen molar-refractivity contribution in [3.63, 3.8) is 0 Å². The molecule has 1 saturated heterocycles. The van der Waals surface area contributed by atoms with Crippen molar-refractivity contribution >= 4 is 25.5 Å². The Morgan fingerprint density at radius 1 is 0.648 bits per heavy atom. The topological polar surface area (TPSA) is 286 Å². The quantitative estimate of drug-likeness (QED) is 0.0209. The van der Waals surface area contributed by atoms with Crippen LogP contribution in [0, 0.1) is 0 Å². The summed E-state index contributed by atoms with van der Waals surface area (Å²) in [4.78, 5) is 53.3. The van der Waals surface area contributed by atoms with Gasteiger partial charge in [0.2, 0.25) is 5.91 Å². The van der Waals surface area contributed by atoms with Crippen LogP contribution in [0.2, 0.25) is 0 Å². The van der Waals surface area contributed by atoms with Crippen LogP contribution >= 0.6 is 7.82 Å². The number of hydrogen-bond acceptors (Lipinski definition) is 18. The normalized spacial score (nSPS) is 21.7. The summed E-state index contributed by atoms with van der Waals surface area (Å²) in [5, 5.41) is 32.6. The van der Waals surface area contributed by atoms with E-state index in [2.05, 4.69) is 9.84 Å². The second-order valence-electron chi connectivity index (χ2n) is 11.3. The van der Waals surface area contributed by atoms with Gasteiger partial charge in [0.05, 0.1) is 119 Å². The van der Waals surface area contributed by atoms with Crippen LogP contribution in [0.25, 0.3) is 0 Å². The lowest BCUT2D eigenvalue weighted by molar-refractivity contribution is -0.301. The lowest BCUT2D eigenvalue weighted by atomic mass is 9.99. The zero-order chi connectivity index (χ0) is 39.4. The molecule has 0 aromatic heterocycles. The molecule has 0 aliphatic carbocycles. The molecule has 1 fully saturated rings. The lowest BCUT2D eigenvalue weighted by Gasteiger charge is -2.40. The highest BCUT2D eigenvalue weighted by Gasteiger charge is 2.45. The molecule has 2 rings (SSSR count). The van der Waals surface area contributed by atoms with Crippen molar-refractivity contribution in [1.82, 2.24) is 10.2 Å². The van der Waals surface area contributed by atoms with Crippen LogP contribution in [0.15, 0.2) is 12.2 Å². The highest BCUT2D eigenvalue weighted by atomic mass is 31.2. The van der Waals surface area contributed by atoms with Crippen LogP contribution in [-0.2, 0) is 70.8 Å². The van der Waals surface area contributed by atoms with Crippen LogP contribution in [-0.4, -0.2) is 210 Å². The Bertz CT molecular complexity index is 1100. The monoisotopic (exact) mass is 806 g/mol. The number of hydrogen-bond donors (Lipinski definition) is 6. The molecular formula is C31H55N2O20P. The van der Waals surface area contributed by atoms with Crippen molar-refractivity contribution in [1.29, 1.82) is 0 Å². The molecule has 0 spiro atoms. The molecule has 5 unspecified atom stereocenters. The predicted molar refractivity (Wildman–Crippen MR) is 181 cm³/mol. The van der Waals surface area contributed by atoms with Crippen LogP contribution in [0.5, 0.6) is 0 Å². The minimum atomic E-state index is -4.83. The molecule has 2 aliphatic rings. The third-order valence-electron chi connectivity index (χ3n) is 7.22. The third kappa shape index (κ3) is 22.5. The standard InChI is InChI=1S/C31H55N2O20P/c34-25(3-5-33-26(35)1-2-27(33)36)32-4-6-43-7-8-44-9-10-45-11-12-46-13-14-47-15-16-48-17-18-49-19-20-50-21-22-51-31-30(39)29(38)28(37)24(53-31)23-52-54(40,41)42/h1-2,24,28-31,37-39H,3-23H2,(H,32,34)(H2,40,41,42). The third-order valence-corrected chi connectivity index (χ3v) is 7.71. The molecule has 54 heavy (non-hydrogen) atoms. The Morgan fingerprint density at radius 3 is 1.48 bits per heavy atom. The van der Waals surface area contributed by atoms with Crippen molar-refractivity contribution in [2.75, 3.05) is 132 Å². The van der Waals surface area contributed by atoms with Gasteiger partial charge >= 0.3 is 7.82 Å². The summed E-state index contributed by atoms with van der Waals surface area (Å²) in [6, 6.07) is 0. The zero-order valence-corrected chi connectivity index (χ0v) is 31.0. The molecule has 0 bridgehead atoms. The van der Waals surface area contributed by atoms with Crippen LogP contribution in [0.3, 0.4) is 0 Å². The number of aliphatic hydroxyl groups excluding tert-OH is 3. The first-order valence-corrected chi connectivity index (χ1v) is 19.0. The molecule has 0 radical (unpaired) electrons. The summed E-state index contributed by atoms with van der Waals surface area (Å²) >= 11 is 0. The van der Waals surface area contributed by atoms with Gasteiger partial charge in [-0.3, -0.25) is 23.8 Å². The number of amides is 3. The summed E-state index contributed by atoms with van der Waals surface area (Å²) in [6.07, 6.45) is -5.23. The van der Waals surface area contributed by atoms with Crippen molar-refractivity contribution in [3.05, 3.63) is 12.2 Å². The maximum absolute atomic E-state index is 11.8. The average Bonchev–Trinajstić information content (AvgIpc) is 3.46. The van der Waals surface area contributed by atoms with Gasteiger partial charge in [0.15, 0.2) is 6.29 Å². The van der Waals surface area contributed by atoms with Crippen LogP contribution in [0.4, 0.5) is 0 Å². The SMILES string of the molecule is O=C(CCN1C(=O)C=CC1=O)NCCOCCOCCOCCOCCOCCOCCOCCOCCOC1OC(COP(=O)(O)O)C(O)C(O)C1O. The van der Waals surface area contributed by atoms with Crippen molar-refractivity contribution in [2.24, 2.45) is 0 Å². The molecule has 0 saturated carbocycles. The average molecular weight is 807 g/mol. The molecule has 6 N–H and O–H groups in total. The predicted octanol–water partition coefficient (Wildman–Crippen LogP) is -3.52. The van der Waals surface area contributed by atoms with Gasteiger partial charge < -0.3 is 77.8 Å². The summed E-state index contributed by atoms with van der Waals surface area (Å²) < 4.78 is 69.0. The second-order valence-corrected chi connectivity index (χ2v) is 12.6. The largest absolute Gasteiger partial charge is 0.469 e. The number of carbonyl (C=O) groups is 3.